The second kappa shape index (κ2) is 5.59. The minimum Gasteiger partial charge on any atom is -0.334 e. The van der Waals surface area contributed by atoms with Crippen molar-refractivity contribution in [1.29, 1.82) is 0 Å². The monoisotopic (exact) mass is 330 g/mol. The minimum absolute atomic E-state index is 0.0607. The Labute approximate surface area is 120 Å². The zero-order chi connectivity index (χ0) is 13.3. The van der Waals surface area contributed by atoms with Crippen LogP contribution in [0.1, 0.15) is 31.4 Å². The van der Waals surface area contributed by atoms with Gasteiger partial charge in [0.1, 0.15) is 0 Å². The minimum atomic E-state index is -0.124. The second-order valence-corrected chi connectivity index (χ2v) is 5.82. The molecule has 1 heterocycles. The molecule has 0 spiro atoms. The number of carbonyl (C=O) groups excluding carboxylic acids is 1. The lowest BCUT2D eigenvalue weighted by Gasteiger charge is -2.39. The average molecular weight is 332 g/mol. The van der Waals surface area contributed by atoms with Crippen molar-refractivity contribution in [3.63, 3.8) is 0 Å². The Balaban J connectivity index is 2.44. The molecule has 2 unspecified atom stereocenters. The molecule has 98 valence electrons. The number of likely N-dealkylation sites (N-methyl/N-ethyl adjacent to an activating group) is 1. The van der Waals surface area contributed by atoms with Gasteiger partial charge in [0.2, 0.25) is 5.91 Å². The van der Waals surface area contributed by atoms with E-state index in [1.807, 2.05) is 30.0 Å². The number of carbonyl (C=O) groups is 1. The van der Waals surface area contributed by atoms with Crippen LogP contribution in [0.5, 0.6) is 0 Å². The van der Waals surface area contributed by atoms with E-state index in [0.717, 1.165) is 10.0 Å². The third-order valence-electron chi connectivity index (χ3n) is 3.37. The van der Waals surface area contributed by atoms with Crippen molar-refractivity contribution in [3.05, 3.63) is 33.3 Å². The molecule has 5 heteroatoms. The highest BCUT2D eigenvalue weighted by Gasteiger charge is 2.35. The molecule has 0 radical (unpaired) electrons. The maximum absolute atomic E-state index is 12.0. The maximum Gasteiger partial charge on any atom is 0.223 e. The number of piperidine rings is 1. The molecular formula is C13H16BrClN2O. The summed E-state index contributed by atoms with van der Waals surface area (Å²) in [5, 5.41) is 0.659. The summed E-state index contributed by atoms with van der Waals surface area (Å²) in [4.78, 5) is 13.8. The van der Waals surface area contributed by atoms with E-state index in [1.165, 1.54) is 0 Å². The van der Waals surface area contributed by atoms with E-state index in [1.54, 1.807) is 0 Å². The number of hydrogen-bond donors (Lipinski definition) is 1. The zero-order valence-electron chi connectivity index (χ0n) is 10.2. The van der Waals surface area contributed by atoms with Crippen LogP contribution < -0.4 is 5.73 Å². The second-order valence-electron chi connectivity index (χ2n) is 4.49. The number of halogens is 2. The van der Waals surface area contributed by atoms with Crippen molar-refractivity contribution in [2.24, 2.45) is 5.73 Å². The highest BCUT2D eigenvalue weighted by atomic mass is 79.9. The smallest absolute Gasteiger partial charge is 0.223 e. The summed E-state index contributed by atoms with van der Waals surface area (Å²) in [7, 11) is 0. The fraction of sp³-hybridized carbons (Fsp3) is 0.462. The van der Waals surface area contributed by atoms with Gasteiger partial charge in [-0.3, -0.25) is 4.79 Å². The normalized spacial score (nSPS) is 24.4. The molecule has 3 nitrogen and oxygen atoms in total. The Bertz CT molecular complexity index is 466. The Hall–Kier alpha value is -0.580. The van der Waals surface area contributed by atoms with Crippen LogP contribution in [0.15, 0.2) is 22.7 Å². The molecule has 1 aliphatic heterocycles. The van der Waals surface area contributed by atoms with Gasteiger partial charge in [-0.2, -0.15) is 0 Å². The summed E-state index contributed by atoms with van der Waals surface area (Å²) in [6.07, 6.45) is 1.24. The standard InChI is InChI=1S/C13H16BrClN2O/c1-2-17-12(18)6-5-11(16)13(17)9-7-8(14)3-4-10(9)15/h3-4,7,11,13H,2,5-6,16H2,1H3. The molecule has 2 rings (SSSR count). The molecular weight excluding hydrogens is 316 g/mol. The van der Waals surface area contributed by atoms with Gasteiger partial charge in [0.25, 0.3) is 0 Å². The molecule has 1 aromatic rings. The molecule has 1 amide bonds. The van der Waals surface area contributed by atoms with Gasteiger partial charge in [0.05, 0.1) is 6.04 Å². The predicted octanol–water partition coefficient (Wildman–Crippen LogP) is 3.11. The van der Waals surface area contributed by atoms with Crippen LogP contribution in [-0.4, -0.2) is 23.4 Å². The summed E-state index contributed by atoms with van der Waals surface area (Å²) in [6.45, 7) is 2.62. The molecule has 0 saturated carbocycles. The van der Waals surface area contributed by atoms with Crippen LogP contribution in [-0.2, 0) is 4.79 Å². The molecule has 1 saturated heterocycles. The highest BCUT2D eigenvalue weighted by Crippen LogP contribution is 2.36. The number of amides is 1. The quantitative estimate of drug-likeness (QED) is 0.905. The van der Waals surface area contributed by atoms with Crippen molar-refractivity contribution >= 4 is 33.4 Å². The van der Waals surface area contributed by atoms with Crippen molar-refractivity contribution in [2.45, 2.75) is 31.8 Å². The third kappa shape index (κ3) is 2.56. The molecule has 1 aliphatic rings. The van der Waals surface area contributed by atoms with Crippen LogP contribution >= 0.6 is 27.5 Å². The van der Waals surface area contributed by atoms with Crippen molar-refractivity contribution in [3.8, 4) is 0 Å². The van der Waals surface area contributed by atoms with Crippen molar-refractivity contribution in [2.75, 3.05) is 6.54 Å². The predicted molar refractivity (Wildman–Crippen MR) is 76.5 cm³/mol. The van der Waals surface area contributed by atoms with Gasteiger partial charge in [0.15, 0.2) is 0 Å². The first-order valence-electron chi connectivity index (χ1n) is 6.04. The Morgan fingerprint density at radius 3 is 2.94 bits per heavy atom. The van der Waals surface area contributed by atoms with E-state index in [9.17, 15) is 4.79 Å². The summed E-state index contributed by atoms with van der Waals surface area (Å²) in [6, 6.07) is 5.49. The van der Waals surface area contributed by atoms with Crippen LogP contribution in [0.2, 0.25) is 5.02 Å². The molecule has 0 bridgehead atoms. The fourth-order valence-corrected chi connectivity index (χ4v) is 3.10. The van der Waals surface area contributed by atoms with Gasteiger partial charge in [-0.05, 0) is 37.1 Å². The van der Waals surface area contributed by atoms with Gasteiger partial charge in [-0.1, -0.05) is 27.5 Å². The topological polar surface area (TPSA) is 46.3 Å². The van der Waals surface area contributed by atoms with Gasteiger partial charge in [-0.15, -0.1) is 0 Å². The van der Waals surface area contributed by atoms with E-state index in [0.29, 0.717) is 24.4 Å². The SMILES string of the molecule is CCN1C(=O)CCC(N)C1c1cc(Br)ccc1Cl. The number of hydrogen-bond acceptors (Lipinski definition) is 2. The first-order chi connectivity index (χ1) is 8.54. The lowest BCUT2D eigenvalue weighted by molar-refractivity contribution is -0.137. The highest BCUT2D eigenvalue weighted by molar-refractivity contribution is 9.10. The zero-order valence-corrected chi connectivity index (χ0v) is 12.5. The lowest BCUT2D eigenvalue weighted by Crippen LogP contribution is -2.48. The average Bonchev–Trinajstić information content (AvgIpc) is 2.35. The van der Waals surface area contributed by atoms with Gasteiger partial charge < -0.3 is 10.6 Å². The fourth-order valence-electron chi connectivity index (χ4n) is 2.49. The molecule has 0 aliphatic carbocycles. The number of rotatable bonds is 2. The van der Waals surface area contributed by atoms with Gasteiger partial charge in [-0.25, -0.2) is 0 Å². The summed E-state index contributed by atoms with van der Waals surface area (Å²) >= 11 is 9.69. The van der Waals surface area contributed by atoms with E-state index >= 15 is 0 Å². The molecule has 0 aromatic heterocycles. The summed E-state index contributed by atoms with van der Waals surface area (Å²) < 4.78 is 0.947. The van der Waals surface area contributed by atoms with Crippen molar-refractivity contribution in [1.82, 2.24) is 4.90 Å². The molecule has 2 N–H and O–H groups in total. The lowest BCUT2D eigenvalue weighted by atomic mass is 9.90. The van der Waals surface area contributed by atoms with Crippen LogP contribution in [0.25, 0.3) is 0 Å². The largest absolute Gasteiger partial charge is 0.334 e. The van der Waals surface area contributed by atoms with Crippen LogP contribution in [0.4, 0.5) is 0 Å². The van der Waals surface area contributed by atoms with Crippen LogP contribution in [0, 0.1) is 0 Å². The maximum atomic E-state index is 12.0. The number of likely N-dealkylation sites (tertiary alicyclic amines) is 1. The Morgan fingerprint density at radius 2 is 2.28 bits per heavy atom. The number of nitrogens with zero attached hydrogens (tertiary/aromatic N) is 1. The van der Waals surface area contributed by atoms with E-state index < -0.39 is 0 Å². The number of benzene rings is 1. The van der Waals surface area contributed by atoms with Crippen molar-refractivity contribution < 1.29 is 4.79 Å². The van der Waals surface area contributed by atoms with Gasteiger partial charge >= 0.3 is 0 Å². The first kappa shape index (κ1) is 13.8. The summed E-state index contributed by atoms with van der Waals surface area (Å²) in [5.41, 5.74) is 7.11. The van der Waals surface area contributed by atoms with E-state index in [-0.39, 0.29) is 18.0 Å². The summed E-state index contributed by atoms with van der Waals surface area (Å²) in [5.74, 6) is 0.153. The molecule has 2 atom stereocenters. The molecule has 18 heavy (non-hydrogen) atoms. The van der Waals surface area contributed by atoms with Crippen LogP contribution in [0.3, 0.4) is 0 Å². The Kier molecular flexibility index (Phi) is 4.30. The third-order valence-corrected chi connectivity index (χ3v) is 4.21. The number of nitrogens with two attached hydrogens (primary N) is 1. The molecule has 1 aromatic carbocycles. The van der Waals surface area contributed by atoms with Gasteiger partial charge in [0, 0.05) is 28.5 Å². The molecule has 1 fully saturated rings. The first-order valence-corrected chi connectivity index (χ1v) is 7.21. The Morgan fingerprint density at radius 1 is 1.56 bits per heavy atom. The van der Waals surface area contributed by atoms with E-state index in [4.69, 9.17) is 17.3 Å². The van der Waals surface area contributed by atoms with E-state index in [2.05, 4.69) is 15.9 Å².